The normalized spacial score (nSPS) is 21.1. The molecule has 1 heterocycles. The number of thioether (sulfide) groups is 1. The maximum absolute atomic E-state index is 12.1. The highest BCUT2D eigenvalue weighted by atomic mass is 32.2. The zero-order chi connectivity index (χ0) is 14.5. The van der Waals surface area contributed by atoms with Gasteiger partial charge in [-0.15, -0.1) is 11.8 Å². The van der Waals surface area contributed by atoms with Crippen LogP contribution in [-0.2, 0) is 16.1 Å². The van der Waals surface area contributed by atoms with Crippen LogP contribution in [0.4, 0.5) is 0 Å². The van der Waals surface area contributed by atoms with Crippen LogP contribution in [0.1, 0.15) is 16.5 Å². The van der Waals surface area contributed by atoms with Crippen molar-refractivity contribution in [3.8, 4) is 0 Å². The van der Waals surface area contributed by atoms with Gasteiger partial charge < -0.3 is 4.74 Å². The van der Waals surface area contributed by atoms with Crippen molar-refractivity contribution in [1.82, 2.24) is 5.32 Å². The molecule has 1 aliphatic rings. The van der Waals surface area contributed by atoms with E-state index in [1.54, 1.807) is 11.8 Å². The van der Waals surface area contributed by atoms with Gasteiger partial charge in [0, 0.05) is 5.75 Å². The molecule has 2 unspecified atom stereocenters. The van der Waals surface area contributed by atoms with Crippen LogP contribution >= 0.6 is 11.8 Å². The van der Waals surface area contributed by atoms with Gasteiger partial charge in [0.25, 0.3) is 0 Å². The van der Waals surface area contributed by atoms with Crippen molar-refractivity contribution in [2.45, 2.75) is 18.0 Å². The Kier molecular flexibility index (Phi) is 4.58. The summed E-state index contributed by atoms with van der Waals surface area (Å²) in [6, 6.07) is 19.7. The lowest BCUT2D eigenvalue weighted by molar-refractivity contribution is -0.146. The van der Waals surface area contributed by atoms with E-state index in [0.717, 1.165) is 11.3 Å². The van der Waals surface area contributed by atoms with E-state index in [-0.39, 0.29) is 17.4 Å². The summed E-state index contributed by atoms with van der Waals surface area (Å²) in [7, 11) is 0. The molecule has 3 rings (SSSR count). The molecule has 0 aliphatic carbocycles. The van der Waals surface area contributed by atoms with Crippen molar-refractivity contribution in [2.24, 2.45) is 0 Å². The van der Waals surface area contributed by atoms with Crippen LogP contribution in [0.3, 0.4) is 0 Å². The summed E-state index contributed by atoms with van der Waals surface area (Å²) in [5.74, 6) is 0.567. The van der Waals surface area contributed by atoms with Crippen LogP contribution in [-0.4, -0.2) is 17.8 Å². The first kappa shape index (κ1) is 14.2. The topological polar surface area (TPSA) is 38.3 Å². The average Bonchev–Trinajstić information content (AvgIpc) is 3.04. The number of carbonyl (C=O) groups is 1. The summed E-state index contributed by atoms with van der Waals surface area (Å²) < 4.78 is 5.38. The van der Waals surface area contributed by atoms with Crippen LogP contribution in [0.25, 0.3) is 0 Å². The molecule has 3 nitrogen and oxygen atoms in total. The van der Waals surface area contributed by atoms with Gasteiger partial charge in [0.05, 0.1) is 5.37 Å². The Bertz CT molecular complexity index is 588. The summed E-state index contributed by atoms with van der Waals surface area (Å²) >= 11 is 1.74. The molecular formula is C17H17NO2S. The highest BCUT2D eigenvalue weighted by Crippen LogP contribution is 2.32. The average molecular weight is 299 g/mol. The first-order valence-electron chi connectivity index (χ1n) is 6.96. The zero-order valence-corrected chi connectivity index (χ0v) is 12.4. The lowest BCUT2D eigenvalue weighted by atomic mass is 10.2. The van der Waals surface area contributed by atoms with Gasteiger partial charge in [0.1, 0.15) is 12.6 Å². The highest BCUT2D eigenvalue weighted by molar-refractivity contribution is 7.99. The van der Waals surface area contributed by atoms with Crippen molar-refractivity contribution in [1.29, 1.82) is 0 Å². The van der Waals surface area contributed by atoms with Gasteiger partial charge in [-0.05, 0) is 11.1 Å². The van der Waals surface area contributed by atoms with Crippen LogP contribution in [0.15, 0.2) is 60.7 Å². The summed E-state index contributed by atoms with van der Waals surface area (Å²) in [5, 5.41) is 3.50. The van der Waals surface area contributed by atoms with Crippen LogP contribution in [0.5, 0.6) is 0 Å². The molecule has 1 N–H and O–H groups in total. The third-order valence-corrected chi connectivity index (χ3v) is 4.66. The first-order valence-corrected chi connectivity index (χ1v) is 8.01. The van der Waals surface area contributed by atoms with Crippen molar-refractivity contribution in [3.63, 3.8) is 0 Å². The molecule has 0 spiro atoms. The fourth-order valence-corrected chi connectivity index (χ4v) is 3.48. The van der Waals surface area contributed by atoms with E-state index in [0.29, 0.717) is 6.61 Å². The fourth-order valence-electron chi connectivity index (χ4n) is 2.26. The van der Waals surface area contributed by atoms with E-state index >= 15 is 0 Å². The van der Waals surface area contributed by atoms with E-state index in [9.17, 15) is 4.79 Å². The second-order valence-corrected chi connectivity index (χ2v) is 6.07. The quantitative estimate of drug-likeness (QED) is 0.880. The van der Waals surface area contributed by atoms with Crippen molar-refractivity contribution in [3.05, 3.63) is 71.8 Å². The Morgan fingerprint density at radius 1 is 1.10 bits per heavy atom. The summed E-state index contributed by atoms with van der Waals surface area (Å²) in [5.41, 5.74) is 2.21. The summed E-state index contributed by atoms with van der Waals surface area (Å²) in [6.07, 6.45) is 0. The smallest absolute Gasteiger partial charge is 0.324 e. The zero-order valence-electron chi connectivity index (χ0n) is 11.6. The number of ether oxygens (including phenoxy) is 1. The second-order valence-electron chi connectivity index (χ2n) is 4.94. The Balaban J connectivity index is 1.53. The molecule has 1 saturated heterocycles. The molecule has 1 aliphatic heterocycles. The van der Waals surface area contributed by atoms with E-state index in [2.05, 4.69) is 17.4 Å². The van der Waals surface area contributed by atoms with E-state index < -0.39 is 0 Å². The molecule has 1 fully saturated rings. The van der Waals surface area contributed by atoms with Crippen LogP contribution in [0.2, 0.25) is 0 Å². The number of nitrogens with one attached hydrogen (secondary N) is 1. The first-order chi connectivity index (χ1) is 10.3. The molecule has 2 aromatic rings. The fraction of sp³-hybridized carbons (Fsp3) is 0.235. The predicted octanol–water partition coefficient (Wildman–Crippen LogP) is 3.13. The molecule has 2 aromatic carbocycles. The lowest BCUT2D eigenvalue weighted by Gasteiger charge is -2.13. The molecule has 0 bridgehead atoms. The lowest BCUT2D eigenvalue weighted by Crippen LogP contribution is -2.35. The standard InChI is InChI=1S/C17H17NO2S/c19-17(20-11-13-7-3-1-4-8-13)15-12-21-16(18-15)14-9-5-2-6-10-14/h1-10,15-16,18H,11-12H2. The van der Waals surface area contributed by atoms with Gasteiger partial charge in [-0.25, -0.2) is 0 Å². The van der Waals surface area contributed by atoms with Crippen LogP contribution in [0, 0.1) is 0 Å². The van der Waals surface area contributed by atoms with Gasteiger partial charge in [-0.3, -0.25) is 10.1 Å². The number of esters is 1. The molecule has 0 aromatic heterocycles. The summed E-state index contributed by atoms with van der Waals surface area (Å²) in [6.45, 7) is 0.332. The largest absolute Gasteiger partial charge is 0.460 e. The van der Waals surface area contributed by atoms with Gasteiger partial charge in [0.2, 0.25) is 0 Å². The summed E-state index contributed by atoms with van der Waals surface area (Å²) in [4.78, 5) is 12.1. The maximum Gasteiger partial charge on any atom is 0.324 e. The Morgan fingerprint density at radius 2 is 1.76 bits per heavy atom. The molecule has 0 amide bonds. The third kappa shape index (κ3) is 3.65. The third-order valence-electron chi connectivity index (χ3n) is 3.39. The molecule has 4 heteroatoms. The van der Waals surface area contributed by atoms with Gasteiger partial charge in [0.15, 0.2) is 0 Å². The molecule has 21 heavy (non-hydrogen) atoms. The van der Waals surface area contributed by atoms with E-state index in [4.69, 9.17) is 4.74 Å². The predicted molar refractivity (Wildman–Crippen MR) is 84.8 cm³/mol. The van der Waals surface area contributed by atoms with Gasteiger partial charge in [-0.1, -0.05) is 60.7 Å². The van der Waals surface area contributed by atoms with Crippen molar-refractivity contribution in [2.75, 3.05) is 5.75 Å². The number of hydrogen-bond donors (Lipinski definition) is 1. The Hall–Kier alpha value is -1.78. The maximum atomic E-state index is 12.1. The van der Waals surface area contributed by atoms with Crippen molar-refractivity contribution < 1.29 is 9.53 Å². The number of carbonyl (C=O) groups excluding carboxylic acids is 1. The SMILES string of the molecule is O=C(OCc1ccccc1)C1CSC(c2ccccc2)N1. The number of rotatable bonds is 4. The minimum Gasteiger partial charge on any atom is -0.460 e. The minimum absolute atomic E-state index is 0.167. The van der Waals surface area contributed by atoms with Crippen LogP contribution < -0.4 is 5.32 Å². The van der Waals surface area contributed by atoms with Crippen molar-refractivity contribution >= 4 is 17.7 Å². The Labute approximate surface area is 128 Å². The number of benzene rings is 2. The minimum atomic E-state index is -0.232. The molecule has 2 atom stereocenters. The Morgan fingerprint density at radius 3 is 2.48 bits per heavy atom. The highest BCUT2D eigenvalue weighted by Gasteiger charge is 2.31. The monoisotopic (exact) mass is 299 g/mol. The van der Waals surface area contributed by atoms with Gasteiger partial charge in [-0.2, -0.15) is 0 Å². The second kappa shape index (κ2) is 6.78. The van der Waals surface area contributed by atoms with E-state index in [1.165, 1.54) is 5.56 Å². The number of hydrogen-bond acceptors (Lipinski definition) is 4. The molecule has 108 valence electrons. The molecule has 0 saturated carbocycles. The van der Waals surface area contributed by atoms with E-state index in [1.807, 2.05) is 48.5 Å². The molecule has 0 radical (unpaired) electrons. The van der Waals surface area contributed by atoms with Gasteiger partial charge >= 0.3 is 5.97 Å². The molecular weight excluding hydrogens is 282 g/mol.